The summed E-state index contributed by atoms with van der Waals surface area (Å²) in [4.78, 5) is 25.4. The Labute approximate surface area is 117 Å². The molecule has 1 heterocycles. The minimum absolute atomic E-state index is 0.0638. The van der Waals surface area contributed by atoms with Crippen LogP contribution in [0.25, 0.3) is 0 Å². The fourth-order valence-electron chi connectivity index (χ4n) is 2.47. The predicted octanol–water partition coefficient (Wildman–Crippen LogP) is 2.17. The molecule has 1 aromatic carbocycles. The van der Waals surface area contributed by atoms with Gasteiger partial charge in [0, 0.05) is 24.6 Å². The molecule has 3 rings (SSSR count). The Hall–Kier alpha value is -2.04. The van der Waals surface area contributed by atoms with Crippen LogP contribution < -0.4 is 15.0 Å². The third-order valence-corrected chi connectivity index (χ3v) is 3.76. The maximum absolute atomic E-state index is 11.9. The number of ether oxygens (including phenoxy) is 1. The molecular weight excluding hydrogens is 256 g/mol. The molecule has 1 aliphatic heterocycles. The fraction of sp³-hybridized carbons (Fsp3) is 0.467. The van der Waals surface area contributed by atoms with Gasteiger partial charge in [-0.25, -0.2) is 0 Å². The lowest BCUT2D eigenvalue weighted by Crippen LogP contribution is -2.24. The molecule has 0 aromatic heterocycles. The molecule has 0 spiro atoms. The molecule has 0 bridgehead atoms. The summed E-state index contributed by atoms with van der Waals surface area (Å²) in [6.07, 6.45) is 3.38. The number of nitrogens with zero attached hydrogens (tertiary/aromatic N) is 1. The molecular formula is C15H18N2O3. The van der Waals surface area contributed by atoms with Crippen molar-refractivity contribution in [3.63, 3.8) is 0 Å². The quantitative estimate of drug-likeness (QED) is 0.915. The average Bonchev–Trinajstić information content (AvgIpc) is 3.21. The third-order valence-electron chi connectivity index (χ3n) is 3.76. The van der Waals surface area contributed by atoms with Crippen LogP contribution in [0.1, 0.15) is 25.7 Å². The van der Waals surface area contributed by atoms with E-state index in [0.29, 0.717) is 18.7 Å². The molecule has 0 unspecified atom stereocenters. The molecule has 5 heteroatoms. The van der Waals surface area contributed by atoms with E-state index in [-0.39, 0.29) is 17.7 Å². The second-order valence-corrected chi connectivity index (χ2v) is 5.30. The SMILES string of the molecule is COc1ccc(NC(=O)C2CC2)cc1N1CCCC1=O. The van der Waals surface area contributed by atoms with Crippen molar-refractivity contribution in [2.45, 2.75) is 25.7 Å². The Morgan fingerprint density at radius 2 is 2.20 bits per heavy atom. The van der Waals surface area contributed by atoms with Crippen molar-refractivity contribution in [1.82, 2.24) is 0 Å². The molecule has 0 atom stereocenters. The van der Waals surface area contributed by atoms with Crippen molar-refractivity contribution < 1.29 is 14.3 Å². The summed E-state index contributed by atoms with van der Waals surface area (Å²) in [5, 5.41) is 2.90. The topological polar surface area (TPSA) is 58.6 Å². The van der Waals surface area contributed by atoms with Gasteiger partial charge in [0.25, 0.3) is 0 Å². The number of benzene rings is 1. The molecule has 1 N–H and O–H groups in total. The number of hydrogen-bond acceptors (Lipinski definition) is 3. The Bertz CT molecular complexity index is 552. The number of nitrogens with one attached hydrogen (secondary N) is 1. The first-order valence-corrected chi connectivity index (χ1v) is 6.98. The highest BCUT2D eigenvalue weighted by atomic mass is 16.5. The Morgan fingerprint density at radius 1 is 1.40 bits per heavy atom. The van der Waals surface area contributed by atoms with E-state index in [0.717, 1.165) is 30.6 Å². The summed E-state index contributed by atoms with van der Waals surface area (Å²) in [6, 6.07) is 5.43. The second kappa shape index (κ2) is 5.15. The minimum atomic E-state index is 0.0638. The monoisotopic (exact) mass is 274 g/mol. The Kier molecular flexibility index (Phi) is 3.34. The van der Waals surface area contributed by atoms with E-state index >= 15 is 0 Å². The van der Waals surface area contributed by atoms with E-state index in [1.54, 1.807) is 18.1 Å². The highest BCUT2D eigenvalue weighted by Crippen LogP contribution is 2.35. The number of carbonyl (C=O) groups is 2. The van der Waals surface area contributed by atoms with Crippen molar-refractivity contribution in [3.05, 3.63) is 18.2 Å². The van der Waals surface area contributed by atoms with Crippen molar-refractivity contribution in [1.29, 1.82) is 0 Å². The van der Waals surface area contributed by atoms with Crippen molar-refractivity contribution in [2.75, 3.05) is 23.9 Å². The van der Waals surface area contributed by atoms with E-state index < -0.39 is 0 Å². The zero-order valence-electron chi connectivity index (χ0n) is 11.5. The summed E-state index contributed by atoms with van der Waals surface area (Å²) in [7, 11) is 1.59. The lowest BCUT2D eigenvalue weighted by atomic mass is 10.2. The molecule has 20 heavy (non-hydrogen) atoms. The van der Waals surface area contributed by atoms with Crippen LogP contribution >= 0.6 is 0 Å². The van der Waals surface area contributed by atoms with Gasteiger partial charge in [-0.15, -0.1) is 0 Å². The Balaban J connectivity index is 1.85. The first kappa shape index (κ1) is 13.0. The van der Waals surface area contributed by atoms with Gasteiger partial charge in [-0.1, -0.05) is 0 Å². The summed E-state index contributed by atoms with van der Waals surface area (Å²) in [5.74, 6) is 0.987. The number of hydrogen-bond donors (Lipinski definition) is 1. The van der Waals surface area contributed by atoms with Crippen LogP contribution in [0.15, 0.2) is 18.2 Å². The molecule has 2 aliphatic rings. The second-order valence-electron chi connectivity index (χ2n) is 5.30. The molecule has 2 fully saturated rings. The normalized spacial score (nSPS) is 18.2. The Morgan fingerprint density at radius 3 is 2.80 bits per heavy atom. The van der Waals surface area contributed by atoms with Gasteiger partial charge >= 0.3 is 0 Å². The van der Waals surface area contributed by atoms with E-state index in [2.05, 4.69) is 5.32 Å². The molecule has 1 aromatic rings. The van der Waals surface area contributed by atoms with Crippen molar-refractivity contribution in [2.24, 2.45) is 5.92 Å². The fourth-order valence-corrected chi connectivity index (χ4v) is 2.47. The predicted molar refractivity (Wildman–Crippen MR) is 75.9 cm³/mol. The first-order valence-electron chi connectivity index (χ1n) is 6.98. The maximum atomic E-state index is 11.9. The van der Waals surface area contributed by atoms with Crippen LogP contribution in [0, 0.1) is 5.92 Å². The van der Waals surface area contributed by atoms with Gasteiger partial charge in [0.1, 0.15) is 5.75 Å². The van der Waals surface area contributed by atoms with Gasteiger partial charge < -0.3 is 15.0 Å². The smallest absolute Gasteiger partial charge is 0.227 e. The molecule has 106 valence electrons. The van der Waals surface area contributed by atoms with E-state index in [4.69, 9.17) is 4.74 Å². The molecule has 1 saturated carbocycles. The molecule has 2 amide bonds. The van der Waals surface area contributed by atoms with Crippen molar-refractivity contribution >= 4 is 23.2 Å². The number of carbonyl (C=O) groups excluding carboxylic acids is 2. The van der Waals surface area contributed by atoms with Crippen molar-refractivity contribution in [3.8, 4) is 5.75 Å². The van der Waals surface area contributed by atoms with Gasteiger partial charge in [-0.2, -0.15) is 0 Å². The van der Waals surface area contributed by atoms with Crippen LogP contribution in [-0.2, 0) is 9.59 Å². The van der Waals surface area contributed by atoms with Crippen LogP contribution in [-0.4, -0.2) is 25.5 Å². The van der Waals surface area contributed by atoms with E-state index in [9.17, 15) is 9.59 Å². The average molecular weight is 274 g/mol. The number of methoxy groups -OCH3 is 1. The zero-order chi connectivity index (χ0) is 14.1. The highest BCUT2D eigenvalue weighted by molar-refractivity contribution is 5.99. The summed E-state index contributed by atoms with van der Waals surface area (Å²) >= 11 is 0. The third kappa shape index (κ3) is 2.48. The minimum Gasteiger partial charge on any atom is -0.495 e. The summed E-state index contributed by atoms with van der Waals surface area (Å²) in [5.41, 5.74) is 1.46. The molecule has 5 nitrogen and oxygen atoms in total. The lowest BCUT2D eigenvalue weighted by Gasteiger charge is -2.20. The van der Waals surface area contributed by atoms with Gasteiger partial charge in [0.2, 0.25) is 11.8 Å². The lowest BCUT2D eigenvalue weighted by molar-refractivity contribution is -0.117. The van der Waals surface area contributed by atoms with Gasteiger partial charge in [0.05, 0.1) is 12.8 Å². The van der Waals surface area contributed by atoms with Crippen LogP contribution in [0.4, 0.5) is 11.4 Å². The van der Waals surface area contributed by atoms with Gasteiger partial charge in [0.15, 0.2) is 0 Å². The van der Waals surface area contributed by atoms with E-state index in [1.807, 2.05) is 12.1 Å². The van der Waals surface area contributed by atoms with Crippen LogP contribution in [0.3, 0.4) is 0 Å². The van der Waals surface area contributed by atoms with Crippen LogP contribution in [0.5, 0.6) is 5.75 Å². The van der Waals surface area contributed by atoms with Gasteiger partial charge in [-0.3, -0.25) is 9.59 Å². The number of rotatable bonds is 4. The first-order chi connectivity index (χ1) is 9.69. The zero-order valence-corrected chi connectivity index (χ0v) is 11.5. The standard InChI is InChI=1S/C15H18N2O3/c1-20-13-7-6-11(16-15(19)10-4-5-10)9-12(13)17-8-2-3-14(17)18/h6-7,9-10H,2-5,8H2,1H3,(H,16,19). The summed E-state index contributed by atoms with van der Waals surface area (Å²) < 4.78 is 5.32. The number of anilines is 2. The van der Waals surface area contributed by atoms with E-state index in [1.165, 1.54) is 0 Å². The molecule has 0 radical (unpaired) electrons. The molecule has 1 aliphatic carbocycles. The van der Waals surface area contributed by atoms with Crippen LogP contribution in [0.2, 0.25) is 0 Å². The highest BCUT2D eigenvalue weighted by Gasteiger charge is 2.30. The molecule has 1 saturated heterocycles. The number of amides is 2. The summed E-state index contributed by atoms with van der Waals surface area (Å²) in [6.45, 7) is 0.704. The largest absolute Gasteiger partial charge is 0.495 e. The maximum Gasteiger partial charge on any atom is 0.227 e. The van der Waals surface area contributed by atoms with Gasteiger partial charge in [-0.05, 0) is 37.5 Å².